The molecule has 18 heavy (non-hydrogen) atoms. The fourth-order valence-electron chi connectivity index (χ4n) is 1.70. The third kappa shape index (κ3) is 2.71. The Bertz CT molecular complexity index is 570. The number of nitrogens with one attached hydrogen (secondary N) is 1. The van der Waals surface area contributed by atoms with Gasteiger partial charge in [-0.25, -0.2) is 4.39 Å². The Balaban J connectivity index is 2.09. The molecular formula is C14H14FNO2. The molecule has 3 nitrogen and oxygen atoms in total. The summed E-state index contributed by atoms with van der Waals surface area (Å²) in [4.78, 5) is 0. The molecule has 0 radical (unpaired) electrons. The average Bonchev–Trinajstić information content (AvgIpc) is 2.32. The fourth-order valence-corrected chi connectivity index (χ4v) is 1.70. The highest BCUT2D eigenvalue weighted by atomic mass is 19.1. The first-order chi connectivity index (χ1) is 8.56. The summed E-state index contributed by atoms with van der Waals surface area (Å²) >= 11 is 0. The number of aromatic hydroxyl groups is 2. The number of phenols is 2. The highest BCUT2D eigenvalue weighted by Gasteiger charge is 2.02. The summed E-state index contributed by atoms with van der Waals surface area (Å²) in [6.45, 7) is 2.31. The predicted molar refractivity (Wildman–Crippen MR) is 68.2 cm³/mol. The Morgan fingerprint density at radius 3 is 2.50 bits per heavy atom. The molecule has 2 aromatic carbocycles. The average molecular weight is 247 g/mol. The van der Waals surface area contributed by atoms with E-state index in [0.29, 0.717) is 6.54 Å². The van der Waals surface area contributed by atoms with E-state index in [9.17, 15) is 14.6 Å². The second kappa shape index (κ2) is 4.96. The lowest BCUT2D eigenvalue weighted by atomic mass is 10.1. The third-order valence-electron chi connectivity index (χ3n) is 2.71. The lowest BCUT2D eigenvalue weighted by molar-refractivity contribution is 0.403. The van der Waals surface area contributed by atoms with Crippen LogP contribution in [-0.4, -0.2) is 10.2 Å². The van der Waals surface area contributed by atoms with Crippen molar-refractivity contribution in [2.24, 2.45) is 0 Å². The van der Waals surface area contributed by atoms with Crippen LogP contribution in [0.4, 0.5) is 10.1 Å². The van der Waals surface area contributed by atoms with Crippen LogP contribution in [0.5, 0.6) is 11.5 Å². The predicted octanol–water partition coefficient (Wildman–Crippen LogP) is 3.16. The van der Waals surface area contributed by atoms with Crippen LogP contribution in [0.2, 0.25) is 0 Å². The number of hydrogen-bond donors (Lipinski definition) is 3. The highest BCUT2D eigenvalue weighted by molar-refractivity contribution is 5.51. The molecule has 94 valence electrons. The molecule has 0 aromatic heterocycles. The summed E-state index contributed by atoms with van der Waals surface area (Å²) in [5, 5.41) is 21.7. The zero-order chi connectivity index (χ0) is 13.1. The van der Waals surface area contributed by atoms with Crippen molar-refractivity contribution in [3.05, 3.63) is 53.3 Å². The molecule has 0 aliphatic rings. The maximum Gasteiger partial charge on any atom is 0.157 e. The molecule has 0 saturated carbocycles. The van der Waals surface area contributed by atoms with Crippen molar-refractivity contribution in [1.82, 2.24) is 0 Å². The minimum absolute atomic E-state index is 0.142. The summed E-state index contributed by atoms with van der Waals surface area (Å²) < 4.78 is 12.9. The van der Waals surface area contributed by atoms with E-state index >= 15 is 0 Å². The van der Waals surface area contributed by atoms with Gasteiger partial charge in [-0.2, -0.15) is 0 Å². The number of hydrogen-bond acceptors (Lipinski definition) is 3. The Kier molecular flexibility index (Phi) is 3.37. The van der Waals surface area contributed by atoms with Gasteiger partial charge in [0.1, 0.15) is 5.82 Å². The zero-order valence-corrected chi connectivity index (χ0v) is 9.94. The summed E-state index contributed by atoms with van der Waals surface area (Å²) in [6.07, 6.45) is 0. The van der Waals surface area contributed by atoms with Gasteiger partial charge in [0.25, 0.3) is 0 Å². The normalized spacial score (nSPS) is 10.3. The van der Waals surface area contributed by atoms with Gasteiger partial charge in [0, 0.05) is 12.2 Å². The lowest BCUT2D eigenvalue weighted by Gasteiger charge is -2.10. The number of aryl methyl sites for hydroxylation is 1. The smallest absolute Gasteiger partial charge is 0.157 e. The first-order valence-electron chi connectivity index (χ1n) is 5.57. The van der Waals surface area contributed by atoms with E-state index in [4.69, 9.17) is 0 Å². The molecule has 0 unspecified atom stereocenters. The van der Waals surface area contributed by atoms with Gasteiger partial charge in [-0.1, -0.05) is 6.07 Å². The van der Waals surface area contributed by atoms with E-state index in [1.807, 2.05) is 6.92 Å². The van der Waals surface area contributed by atoms with Crippen molar-refractivity contribution in [2.75, 3.05) is 5.32 Å². The van der Waals surface area contributed by atoms with Gasteiger partial charge in [0.05, 0.1) is 0 Å². The number of halogens is 1. The van der Waals surface area contributed by atoms with Gasteiger partial charge in [0.15, 0.2) is 11.5 Å². The molecule has 4 heteroatoms. The number of rotatable bonds is 3. The van der Waals surface area contributed by atoms with E-state index in [1.165, 1.54) is 24.3 Å². The Morgan fingerprint density at radius 1 is 1.06 bits per heavy atom. The molecule has 2 rings (SSSR count). The van der Waals surface area contributed by atoms with Crippen LogP contribution >= 0.6 is 0 Å². The molecule has 3 N–H and O–H groups in total. The maximum atomic E-state index is 12.9. The number of phenolic OH excluding ortho intramolecular Hbond substituents is 2. The van der Waals surface area contributed by atoms with Crippen molar-refractivity contribution < 1.29 is 14.6 Å². The summed E-state index contributed by atoms with van der Waals surface area (Å²) in [5.74, 6) is -0.554. The Labute approximate surface area is 105 Å². The van der Waals surface area contributed by atoms with Crippen LogP contribution in [0.3, 0.4) is 0 Å². The standard InChI is InChI=1S/C14H14FNO2/c1-9-6-11(15)3-4-12(9)16-8-10-2-5-13(17)14(18)7-10/h2-7,16-18H,8H2,1H3. The van der Waals surface area contributed by atoms with E-state index in [-0.39, 0.29) is 17.3 Å². The first-order valence-corrected chi connectivity index (χ1v) is 5.57. The first kappa shape index (κ1) is 12.2. The Hall–Kier alpha value is -2.23. The van der Waals surface area contributed by atoms with Crippen LogP contribution in [0, 0.1) is 12.7 Å². The van der Waals surface area contributed by atoms with Crippen LogP contribution in [0.25, 0.3) is 0 Å². The van der Waals surface area contributed by atoms with Gasteiger partial charge in [0.2, 0.25) is 0 Å². The van der Waals surface area contributed by atoms with Crippen LogP contribution in [0.15, 0.2) is 36.4 Å². The molecule has 0 fully saturated rings. The molecule has 2 aromatic rings. The largest absolute Gasteiger partial charge is 0.504 e. The second-order valence-electron chi connectivity index (χ2n) is 4.14. The lowest BCUT2D eigenvalue weighted by Crippen LogP contribution is -2.01. The van der Waals surface area contributed by atoms with Gasteiger partial charge >= 0.3 is 0 Å². The van der Waals surface area contributed by atoms with E-state index < -0.39 is 0 Å². The number of anilines is 1. The van der Waals surface area contributed by atoms with Crippen LogP contribution in [-0.2, 0) is 6.54 Å². The molecule has 0 spiro atoms. The van der Waals surface area contributed by atoms with E-state index in [0.717, 1.165) is 16.8 Å². The molecule has 0 heterocycles. The monoisotopic (exact) mass is 247 g/mol. The van der Waals surface area contributed by atoms with E-state index in [1.54, 1.807) is 12.1 Å². The zero-order valence-electron chi connectivity index (χ0n) is 9.94. The molecule has 0 amide bonds. The minimum atomic E-state index is -0.264. The van der Waals surface area contributed by atoms with Crippen molar-refractivity contribution in [1.29, 1.82) is 0 Å². The quantitative estimate of drug-likeness (QED) is 0.730. The van der Waals surface area contributed by atoms with Crippen molar-refractivity contribution >= 4 is 5.69 Å². The molecule has 0 atom stereocenters. The van der Waals surface area contributed by atoms with Crippen molar-refractivity contribution in [3.8, 4) is 11.5 Å². The Morgan fingerprint density at radius 2 is 1.83 bits per heavy atom. The molecule has 0 saturated heterocycles. The summed E-state index contributed by atoms with van der Waals surface area (Å²) in [6, 6.07) is 9.15. The summed E-state index contributed by atoms with van der Waals surface area (Å²) in [7, 11) is 0. The van der Waals surface area contributed by atoms with Crippen molar-refractivity contribution in [3.63, 3.8) is 0 Å². The molecule has 0 aliphatic heterocycles. The van der Waals surface area contributed by atoms with Gasteiger partial charge in [-0.3, -0.25) is 0 Å². The van der Waals surface area contributed by atoms with Gasteiger partial charge in [-0.05, 0) is 48.4 Å². The van der Waals surface area contributed by atoms with Crippen molar-refractivity contribution in [2.45, 2.75) is 13.5 Å². The topological polar surface area (TPSA) is 52.5 Å². The van der Waals surface area contributed by atoms with Gasteiger partial charge in [-0.15, -0.1) is 0 Å². The van der Waals surface area contributed by atoms with Gasteiger partial charge < -0.3 is 15.5 Å². The summed E-state index contributed by atoms with van der Waals surface area (Å²) in [5.41, 5.74) is 2.48. The minimum Gasteiger partial charge on any atom is -0.504 e. The molecular weight excluding hydrogens is 233 g/mol. The fraction of sp³-hybridized carbons (Fsp3) is 0.143. The van der Waals surface area contributed by atoms with E-state index in [2.05, 4.69) is 5.32 Å². The van der Waals surface area contributed by atoms with Crippen LogP contribution < -0.4 is 5.32 Å². The third-order valence-corrected chi connectivity index (χ3v) is 2.71. The number of benzene rings is 2. The second-order valence-corrected chi connectivity index (χ2v) is 4.14. The highest BCUT2D eigenvalue weighted by Crippen LogP contribution is 2.25. The molecule has 0 bridgehead atoms. The maximum absolute atomic E-state index is 12.9. The van der Waals surface area contributed by atoms with Crippen LogP contribution in [0.1, 0.15) is 11.1 Å². The SMILES string of the molecule is Cc1cc(F)ccc1NCc1ccc(O)c(O)c1. The molecule has 0 aliphatic carbocycles.